The highest BCUT2D eigenvalue weighted by atomic mass is 35.5. The van der Waals surface area contributed by atoms with Crippen LogP contribution >= 0.6 is 116 Å². The Labute approximate surface area is 270 Å². The minimum atomic E-state index is 0.108. The largest absolute Gasteiger partial charge is 0.381 e. The average Bonchev–Trinajstić information content (AvgIpc) is 2.92. The molecule has 0 saturated heterocycles. The van der Waals surface area contributed by atoms with E-state index in [0.717, 1.165) is 11.1 Å². The molecule has 0 aromatic heterocycles. The summed E-state index contributed by atoms with van der Waals surface area (Å²) in [5, 5.41) is 7.69. The lowest BCUT2D eigenvalue weighted by molar-refractivity contribution is 1.03. The van der Waals surface area contributed by atoms with E-state index in [2.05, 4.69) is 20.6 Å². The van der Waals surface area contributed by atoms with Gasteiger partial charge in [0.05, 0.1) is 81.2 Å². The van der Waals surface area contributed by atoms with Crippen LogP contribution < -0.4 is 10.6 Å². The van der Waals surface area contributed by atoms with Gasteiger partial charge in [-0.1, -0.05) is 140 Å². The fourth-order valence-electron chi connectivity index (χ4n) is 3.03. The summed E-state index contributed by atoms with van der Waals surface area (Å²) < 4.78 is 0. The normalized spacial score (nSPS) is 11.6. The summed E-state index contributed by atoms with van der Waals surface area (Å²) in [4.78, 5) is 8.80. The number of nitrogens with zero attached hydrogens (tertiary/aromatic N) is 2. The van der Waals surface area contributed by atoms with Crippen LogP contribution in [0.15, 0.2) is 34.3 Å². The molecular weight excluding hydrogens is 699 g/mol. The molecule has 0 atom stereocenters. The predicted octanol–water partition coefficient (Wildman–Crippen LogP) is 11.4. The van der Waals surface area contributed by atoms with Crippen molar-refractivity contribution in [2.24, 2.45) is 9.98 Å². The molecule has 3 aromatic rings. The molecule has 0 heterocycles. The van der Waals surface area contributed by atoms with Gasteiger partial charge in [-0.25, -0.2) is 0 Å². The first kappa shape index (κ1) is 32.0. The fourth-order valence-corrected chi connectivity index (χ4v) is 5.57. The number of aliphatic imine (C=N–C) groups is 2. The molecule has 0 amide bonds. The zero-order valence-electron chi connectivity index (χ0n) is 19.0. The van der Waals surface area contributed by atoms with E-state index in [4.69, 9.17) is 116 Å². The van der Waals surface area contributed by atoms with Crippen molar-refractivity contribution in [3.63, 3.8) is 0 Å². The lowest BCUT2D eigenvalue weighted by Gasteiger charge is -2.13. The second kappa shape index (κ2) is 14.9. The second-order valence-electron chi connectivity index (χ2n) is 7.50. The molecule has 202 valence electrons. The van der Waals surface area contributed by atoms with Gasteiger partial charge in [0.2, 0.25) is 0 Å². The Morgan fingerprint density at radius 1 is 0.553 bits per heavy atom. The maximum atomic E-state index is 6.21. The summed E-state index contributed by atoms with van der Waals surface area (Å²) in [6.07, 6.45) is 3.46. The van der Waals surface area contributed by atoms with Crippen molar-refractivity contribution in [1.82, 2.24) is 0 Å². The van der Waals surface area contributed by atoms with Gasteiger partial charge in [0, 0.05) is 19.0 Å². The molecule has 0 bridgehead atoms. The smallest absolute Gasteiger partial charge is 0.0855 e. The van der Waals surface area contributed by atoms with Crippen LogP contribution in [0.3, 0.4) is 0 Å². The molecule has 0 aliphatic rings. The number of anilines is 2. The zero-order valence-corrected chi connectivity index (χ0v) is 26.5. The van der Waals surface area contributed by atoms with Crippen LogP contribution in [0.4, 0.5) is 11.4 Å². The van der Waals surface area contributed by atoms with Crippen molar-refractivity contribution in [3.05, 3.63) is 85.6 Å². The number of nitrogens with one attached hydrogen (secondary N) is 2. The van der Waals surface area contributed by atoms with E-state index in [0.29, 0.717) is 37.6 Å². The lowest BCUT2D eigenvalue weighted by atomic mass is 10.1. The highest BCUT2D eigenvalue weighted by Crippen LogP contribution is 2.47. The Morgan fingerprint density at radius 2 is 1.00 bits per heavy atom. The Balaban J connectivity index is 1.46. The molecule has 3 rings (SSSR count). The summed E-state index contributed by atoms with van der Waals surface area (Å²) >= 11 is 61.1. The van der Waals surface area contributed by atoms with Gasteiger partial charge in [-0.3, -0.25) is 9.98 Å². The first-order chi connectivity index (χ1) is 18.0. The van der Waals surface area contributed by atoms with Crippen LogP contribution in [0, 0.1) is 0 Å². The third-order valence-corrected chi connectivity index (χ3v) is 9.51. The number of rotatable bonds is 10. The summed E-state index contributed by atoms with van der Waals surface area (Å²) in [6, 6.07) is 7.83. The van der Waals surface area contributed by atoms with E-state index in [-0.39, 0.29) is 50.2 Å². The number of halogens is 10. The van der Waals surface area contributed by atoms with Gasteiger partial charge in [-0.15, -0.1) is 0 Å². The third kappa shape index (κ3) is 7.82. The molecule has 0 aliphatic carbocycles. The Bertz CT molecular complexity index is 1320. The van der Waals surface area contributed by atoms with Crippen molar-refractivity contribution in [2.45, 2.75) is 6.54 Å². The van der Waals surface area contributed by atoms with Crippen LogP contribution in [0.5, 0.6) is 0 Å². The summed E-state index contributed by atoms with van der Waals surface area (Å²) in [6.45, 7) is 1.76. The minimum Gasteiger partial charge on any atom is -0.381 e. The van der Waals surface area contributed by atoms with Crippen molar-refractivity contribution in [2.75, 3.05) is 30.3 Å². The molecule has 4 nitrogen and oxygen atoms in total. The van der Waals surface area contributed by atoms with E-state index in [1.54, 1.807) is 12.4 Å². The van der Waals surface area contributed by atoms with E-state index >= 15 is 0 Å². The fraction of sp³-hybridized carbons (Fsp3) is 0.167. The van der Waals surface area contributed by atoms with Gasteiger partial charge in [-0.05, 0) is 11.1 Å². The lowest BCUT2D eigenvalue weighted by Crippen LogP contribution is -2.06. The number of benzene rings is 3. The van der Waals surface area contributed by atoms with E-state index < -0.39 is 0 Å². The van der Waals surface area contributed by atoms with Gasteiger partial charge in [0.25, 0.3) is 0 Å². The van der Waals surface area contributed by atoms with Crippen molar-refractivity contribution >= 4 is 140 Å². The quantitative estimate of drug-likeness (QED) is 0.0951. The first-order valence-corrected chi connectivity index (χ1v) is 14.4. The Morgan fingerprint density at radius 3 is 1.50 bits per heavy atom. The van der Waals surface area contributed by atoms with E-state index in [1.165, 1.54) is 0 Å². The van der Waals surface area contributed by atoms with Crippen LogP contribution in [0.2, 0.25) is 50.2 Å². The molecule has 3 aromatic carbocycles. The van der Waals surface area contributed by atoms with Gasteiger partial charge in [0.15, 0.2) is 0 Å². The van der Waals surface area contributed by atoms with Crippen LogP contribution in [-0.4, -0.2) is 32.1 Å². The molecule has 0 radical (unpaired) electrons. The maximum absolute atomic E-state index is 6.21. The SMILES string of the molecule is Clc1c(Cl)c(Cl)c(NCC=NCc2ccc(C=NCCNc3c(Cl)c(Cl)c(Cl)c(Cl)c3Cl)cc2)c(Cl)c1Cl. The number of hydrogen-bond donors (Lipinski definition) is 2. The molecule has 38 heavy (non-hydrogen) atoms. The summed E-state index contributed by atoms with van der Waals surface area (Å²) in [5.74, 6) is 0. The molecule has 0 aliphatic heterocycles. The summed E-state index contributed by atoms with van der Waals surface area (Å²) in [5.41, 5.74) is 2.77. The maximum Gasteiger partial charge on any atom is 0.0855 e. The van der Waals surface area contributed by atoms with Gasteiger partial charge >= 0.3 is 0 Å². The molecule has 0 unspecified atom stereocenters. The van der Waals surface area contributed by atoms with Gasteiger partial charge < -0.3 is 10.6 Å². The second-order valence-corrected chi connectivity index (χ2v) is 11.3. The van der Waals surface area contributed by atoms with Crippen LogP contribution in [0.25, 0.3) is 0 Å². The van der Waals surface area contributed by atoms with Crippen molar-refractivity contribution in [1.29, 1.82) is 0 Å². The van der Waals surface area contributed by atoms with Gasteiger partial charge in [-0.2, -0.15) is 0 Å². The Kier molecular flexibility index (Phi) is 12.6. The number of hydrogen-bond acceptors (Lipinski definition) is 4. The van der Waals surface area contributed by atoms with Crippen molar-refractivity contribution < 1.29 is 0 Å². The average molecular weight is 715 g/mol. The molecule has 0 saturated carbocycles. The first-order valence-electron chi connectivity index (χ1n) is 10.6. The van der Waals surface area contributed by atoms with E-state index in [9.17, 15) is 0 Å². The van der Waals surface area contributed by atoms with Crippen molar-refractivity contribution in [3.8, 4) is 0 Å². The molecule has 14 heteroatoms. The van der Waals surface area contributed by atoms with Crippen LogP contribution in [0.1, 0.15) is 11.1 Å². The molecule has 0 fully saturated rings. The molecule has 2 N–H and O–H groups in total. The van der Waals surface area contributed by atoms with E-state index in [1.807, 2.05) is 24.3 Å². The summed E-state index contributed by atoms with van der Waals surface area (Å²) in [7, 11) is 0. The molecule has 0 spiro atoms. The van der Waals surface area contributed by atoms with Gasteiger partial charge in [0.1, 0.15) is 0 Å². The monoisotopic (exact) mass is 710 g/mol. The standard InChI is InChI=1S/C24H16Cl10N4/c25-13-15(27)19(31)23(20(32)16(13)28)37-7-5-35-9-11-1-2-12(4-3-11)10-36-6-8-38-24-21(33)17(29)14(26)18(30)22(24)34/h1-5,10,37-38H,6-9H2. The zero-order chi connectivity index (χ0) is 28.0. The van der Waals surface area contributed by atoms with Crippen LogP contribution in [-0.2, 0) is 6.54 Å². The molecular formula is C24H16Cl10N4. The Hall–Kier alpha value is -0.500. The highest BCUT2D eigenvalue weighted by molar-refractivity contribution is 6.57. The third-order valence-electron chi connectivity index (χ3n) is 4.96. The minimum absolute atomic E-state index is 0.108. The predicted molar refractivity (Wildman–Crippen MR) is 171 cm³/mol. The highest BCUT2D eigenvalue weighted by Gasteiger charge is 2.19. The topological polar surface area (TPSA) is 48.8 Å².